The molecule has 0 aliphatic carbocycles. The fourth-order valence-corrected chi connectivity index (χ4v) is 6.35. The topological polar surface area (TPSA) is 103 Å². The highest BCUT2D eigenvalue weighted by Gasteiger charge is 2.60. The van der Waals surface area contributed by atoms with Gasteiger partial charge in [0.2, 0.25) is 0 Å². The van der Waals surface area contributed by atoms with Gasteiger partial charge in [0.25, 0.3) is 0 Å². The van der Waals surface area contributed by atoms with E-state index in [-0.39, 0.29) is 6.42 Å². The maximum Gasteiger partial charge on any atom is 0.190 e. The highest BCUT2D eigenvalue weighted by atomic mass is 32.2. The average Bonchev–Trinajstić information content (AvgIpc) is 3.35. The first-order chi connectivity index (χ1) is 18.2. The molecular weight excluding hydrogens is 522 g/mol. The standard InChI is InChI=1S/C16H36N.C13H22O8S/c1-5-9-13-17(14-10-6-2,15-11-7-3)16-12-8-4;1-12(2)18-8-7(5-6-22(14,15)16)17-11-10(9(8)19-12)20-13(3,4)21-11/h5-16H2,1-4H3;7-11H,5-6H2,1-4H3,(H,14,15,16)/q+1;/p-1/t;7-,8+,9+,10-,11-/m.1/s1. The maximum absolute atomic E-state index is 10.9. The van der Waals surface area contributed by atoms with E-state index in [1.807, 2.05) is 0 Å². The maximum atomic E-state index is 10.9. The largest absolute Gasteiger partial charge is 0.748 e. The first-order valence-corrected chi connectivity index (χ1v) is 16.9. The summed E-state index contributed by atoms with van der Waals surface area (Å²) in [5.41, 5.74) is 0. The van der Waals surface area contributed by atoms with E-state index in [0.29, 0.717) is 0 Å². The molecule has 0 saturated carbocycles. The van der Waals surface area contributed by atoms with E-state index >= 15 is 0 Å². The quantitative estimate of drug-likeness (QED) is 0.190. The van der Waals surface area contributed by atoms with Gasteiger partial charge in [-0.15, -0.1) is 0 Å². The van der Waals surface area contributed by atoms with E-state index in [2.05, 4.69) is 27.7 Å². The Labute approximate surface area is 238 Å². The lowest BCUT2D eigenvalue weighted by Crippen LogP contribution is -2.55. The lowest BCUT2D eigenvalue weighted by Gasteiger charge is -2.39. The number of hydrogen-bond acceptors (Lipinski definition) is 8. The van der Waals surface area contributed by atoms with Crippen molar-refractivity contribution in [3.05, 3.63) is 0 Å². The highest BCUT2D eigenvalue weighted by Crippen LogP contribution is 2.44. The van der Waals surface area contributed by atoms with Crippen LogP contribution in [0.3, 0.4) is 0 Å². The predicted molar refractivity (Wildman–Crippen MR) is 151 cm³/mol. The average molecular weight is 580 g/mol. The van der Waals surface area contributed by atoms with Gasteiger partial charge in [0, 0.05) is 5.75 Å². The van der Waals surface area contributed by atoms with Crippen molar-refractivity contribution < 1.29 is 41.1 Å². The Bertz CT molecular complexity index is 781. The van der Waals surface area contributed by atoms with E-state index in [9.17, 15) is 13.0 Å². The SMILES string of the molecule is CC1(C)O[C@H]2[C@@H](O1)[C@@H](CCS(=O)(=O)[O-])O[C@@H]1OC(C)(C)O[C@@H]12.CCCC[N+](CCCC)(CCCC)CCCC. The van der Waals surface area contributed by atoms with Crippen molar-refractivity contribution >= 4 is 10.1 Å². The minimum Gasteiger partial charge on any atom is -0.748 e. The molecule has 5 atom stereocenters. The van der Waals surface area contributed by atoms with Gasteiger partial charge in [-0.1, -0.05) is 53.4 Å². The van der Waals surface area contributed by atoms with Crippen molar-refractivity contribution in [3.63, 3.8) is 0 Å². The third-order valence-electron chi connectivity index (χ3n) is 7.85. The number of unbranched alkanes of at least 4 members (excludes halogenated alkanes) is 4. The number of rotatable bonds is 15. The van der Waals surface area contributed by atoms with Crippen LogP contribution < -0.4 is 0 Å². The van der Waals surface area contributed by atoms with Crippen molar-refractivity contribution in [2.24, 2.45) is 0 Å². The molecule has 0 amide bonds. The lowest BCUT2D eigenvalue weighted by molar-refractivity contribution is -0.929. The van der Waals surface area contributed by atoms with Gasteiger partial charge < -0.3 is 32.7 Å². The van der Waals surface area contributed by atoms with Gasteiger partial charge in [-0.25, -0.2) is 8.42 Å². The zero-order valence-corrected chi connectivity index (χ0v) is 26.7. The van der Waals surface area contributed by atoms with Crippen molar-refractivity contribution in [3.8, 4) is 0 Å². The van der Waals surface area contributed by atoms with Crippen LogP contribution >= 0.6 is 0 Å². The second-order valence-corrected chi connectivity index (χ2v) is 13.9. The number of nitrogens with zero attached hydrogens (tertiary/aromatic N) is 1. The van der Waals surface area contributed by atoms with Crippen molar-refractivity contribution in [2.75, 3.05) is 31.9 Å². The summed E-state index contributed by atoms with van der Waals surface area (Å²) in [5, 5.41) is 0. The van der Waals surface area contributed by atoms with Crippen LogP contribution in [0.25, 0.3) is 0 Å². The molecule has 3 fully saturated rings. The molecule has 0 radical (unpaired) electrons. The molecule has 0 spiro atoms. The summed E-state index contributed by atoms with van der Waals surface area (Å²) in [6.07, 6.45) is 8.42. The molecule has 0 aromatic carbocycles. The van der Waals surface area contributed by atoms with Crippen LogP contribution in [0.4, 0.5) is 0 Å². The zero-order valence-electron chi connectivity index (χ0n) is 25.9. The Hall–Kier alpha value is -0.330. The van der Waals surface area contributed by atoms with Crippen LogP contribution in [0.5, 0.6) is 0 Å². The first-order valence-electron chi connectivity index (χ1n) is 15.4. The highest BCUT2D eigenvalue weighted by molar-refractivity contribution is 7.85. The van der Waals surface area contributed by atoms with Crippen LogP contribution in [-0.4, -0.2) is 91.7 Å². The second kappa shape index (κ2) is 15.2. The summed E-state index contributed by atoms with van der Waals surface area (Å²) in [4.78, 5) is 0. The van der Waals surface area contributed by atoms with E-state index in [4.69, 9.17) is 23.7 Å². The summed E-state index contributed by atoms with van der Waals surface area (Å²) in [7, 11) is -4.32. The second-order valence-electron chi connectivity index (χ2n) is 12.4. The lowest BCUT2D eigenvalue weighted by atomic mass is 9.97. The molecule has 3 aliphatic rings. The van der Waals surface area contributed by atoms with Gasteiger partial charge in [0.15, 0.2) is 17.9 Å². The van der Waals surface area contributed by atoms with E-state index < -0.39 is 58.2 Å². The Morgan fingerprint density at radius 2 is 1.08 bits per heavy atom. The van der Waals surface area contributed by atoms with Gasteiger partial charge >= 0.3 is 0 Å². The Morgan fingerprint density at radius 3 is 1.51 bits per heavy atom. The Morgan fingerprint density at radius 1 is 0.667 bits per heavy atom. The molecule has 3 rings (SSSR count). The van der Waals surface area contributed by atoms with Gasteiger partial charge in [0.05, 0.1) is 42.4 Å². The normalized spacial score (nSPS) is 29.4. The van der Waals surface area contributed by atoms with Crippen LogP contribution in [0.1, 0.15) is 113 Å². The number of fused-ring (bicyclic) bond motifs is 3. The first kappa shape index (κ1) is 34.9. The molecule has 9 nitrogen and oxygen atoms in total. The van der Waals surface area contributed by atoms with Crippen LogP contribution in [0.15, 0.2) is 0 Å². The Kier molecular flexibility index (Phi) is 13.6. The van der Waals surface area contributed by atoms with Crippen molar-refractivity contribution in [1.82, 2.24) is 0 Å². The van der Waals surface area contributed by atoms with Gasteiger partial charge in [-0.05, 0) is 59.8 Å². The van der Waals surface area contributed by atoms with E-state index in [1.54, 1.807) is 27.7 Å². The number of quaternary nitrogens is 1. The third kappa shape index (κ3) is 11.1. The van der Waals surface area contributed by atoms with E-state index in [0.717, 1.165) is 0 Å². The molecule has 0 bridgehead atoms. The number of ether oxygens (including phenoxy) is 5. The zero-order chi connectivity index (χ0) is 29.3. The molecule has 0 aromatic heterocycles. The minimum atomic E-state index is -4.32. The Balaban J connectivity index is 0.000000285. The summed E-state index contributed by atoms with van der Waals surface area (Å²) in [6.45, 7) is 22.1. The summed E-state index contributed by atoms with van der Waals surface area (Å²) in [5.74, 6) is -2.18. The van der Waals surface area contributed by atoms with Crippen LogP contribution in [-0.2, 0) is 33.8 Å². The summed E-state index contributed by atoms with van der Waals surface area (Å²) < 4.78 is 63.1. The molecular formula is C29H57NO8S. The summed E-state index contributed by atoms with van der Waals surface area (Å²) >= 11 is 0. The fraction of sp³-hybridized carbons (Fsp3) is 1.00. The molecule has 3 saturated heterocycles. The number of hydrogen-bond donors (Lipinski definition) is 0. The van der Waals surface area contributed by atoms with E-state index in [1.165, 1.54) is 82.0 Å². The molecule has 0 unspecified atom stereocenters. The molecule has 3 heterocycles. The van der Waals surface area contributed by atoms with Gasteiger partial charge in [-0.2, -0.15) is 0 Å². The summed E-state index contributed by atoms with van der Waals surface area (Å²) in [6, 6.07) is 0. The van der Waals surface area contributed by atoms with Crippen LogP contribution in [0.2, 0.25) is 0 Å². The van der Waals surface area contributed by atoms with Gasteiger partial charge in [-0.3, -0.25) is 0 Å². The molecule has 3 aliphatic heterocycles. The molecule has 10 heteroatoms. The molecule has 0 aromatic rings. The van der Waals surface area contributed by atoms with Crippen molar-refractivity contribution in [2.45, 2.75) is 155 Å². The smallest absolute Gasteiger partial charge is 0.190 e. The fourth-order valence-electron chi connectivity index (χ4n) is 5.83. The minimum absolute atomic E-state index is 0.0272. The third-order valence-corrected chi connectivity index (χ3v) is 8.58. The predicted octanol–water partition coefficient (Wildman–Crippen LogP) is 5.32. The molecule has 0 N–H and O–H groups in total. The van der Waals surface area contributed by atoms with Crippen LogP contribution in [0, 0.1) is 0 Å². The monoisotopic (exact) mass is 579 g/mol. The molecule has 39 heavy (non-hydrogen) atoms. The molecule has 232 valence electrons. The van der Waals surface area contributed by atoms with Gasteiger partial charge in [0.1, 0.15) is 18.3 Å². The van der Waals surface area contributed by atoms with Crippen molar-refractivity contribution in [1.29, 1.82) is 0 Å².